The second-order valence-electron chi connectivity index (χ2n) is 4.76. The number of carbonyl (C=O) groups excluding carboxylic acids is 1. The van der Waals surface area contributed by atoms with Gasteiger partial charge in [0.05, 0.1) is 10.2 Å². The van der Waals surface area contributed by atoms with E-state index in [1.165, 1.54) is 11.1 Å². The van der Waals surface area contributed by atoms with Gasteiger partial charge in [0.1, 0.15) is 6.54 Å². The van der Waals surface area contributed by atoms with Gasteiger partial charge in [0.25, 0.3) is 5.91 Å². The smallest absolute Gasteiger partial charge is 0.323 e. The van der Waals surface area contributed by atoms with Gasteiger partial charge in [0, 0.05) is 23.9 Å². The van der Waals surface area contributed by atoms with Crippen molar-refractivity contribution in [3.8, 4) is 11.3 Å². The van der Waals surface area contributed by atoms with E-state index in [4.69, 9.17) is 16.7 Å². The molecule has 0 unspecified atom stereocenters. The molecule has 2 aromatic rings. The standard InChI is InChI=1S/C14H9BrClN3O3/c15-10-4-17-14(16)18-12(10)7-1-2-8-5-19(6-11(20)21)13(22)9(8)3-7/h1-4H,5-6H2,(H,20,21). The molecular weight excluding hydrogens is 374 g/mol. The van der Waals surface area contributed by atoms with Crippen molar-refractivity contribution in [1.29, 1.82) is 0 Å². The maximum Gasteiger partial charge on any atom is 0.323 e. The zero-order valence-electron chi connectivity index (χ0n) is 11.1. The van der Waals surface area contributed by atoms with E-state index in [2.05, 4.69) is 25.9 Å². The van der Waals surface area contributed by atoms with Gasteiger partial charge in [-0.1, -0.05) is 12.1 Å². The van der Waals surface area contributed by atoms with Gasteiger partial charge in [-0.15, -0.1) is 0 Å². The molecule has 0 spiro atoms. The number of fused-ring (bicyclic) bond motifs is 1. The van der Waals surface area contributed by atoms with Gasteiger partial charge in [-0.05, 0) is 39.2 Å². The molecule has 6 nitrogen and oxygen atoms in total. The molecule has 1 aliphatic heterocycles. The van der Waals surface area contributed by atoms with Crippen LogP contribution in [-0.4, -0.2) is 38.4 Å². The Morgan fingerprint density at radius 2 is 2.23 bits per heavy atom. The lowest BCUT2D eigenvalue weighted by Gasteiger charge is -2.11. The molecule has 0 saturated heterocycles. The van der Waals surface area contributed by atoms with Crippen molar-refractivity contribution in [2.24, 2.45) is 0 Å². The summed E-state index contributed by atoms with van der Waals surface area (Å²) in [5.74, 6) is -1.33. The number of rotatable bonds is 3. The molecule has 0 fully saturated rings. The number of aliphatic carboxylic acids is 1. The molecule has 0 bridgehead atoms. The summed E-state index contributed by atoms with van der Waals surface area (Å²) in [6.07, 6.45) is 1.54. The molecule has 1 N–H and O–H groups in total. The minimum Gasteiger partial charge on any atom is -0.480 e. The zero-order valence-corrected chi connectivity index (χ0v) is 13.4. The number of halogens is 2. The fourth-order valence-electron chi connectivity index (χ4n) is 2.35. The highest BCUT2D eigenvalue weighted by molar-refractivity contribution is 9.10. The van der Waals surface area contributed by atoms with Crippen LogP contribution in [-0.2, 0) is 11.3 Å². The summed E-state index contributed by atoms with van der Waals surface area (Å²) in [5, 5.41) is 8.95. The summed E-state index contributed by atoms with van der Waals surface area (Å²) >= 11 is 9.16. The van der Waals surface area contributed by atoms with Gasteiger partial charge >= 0.3 is 5.97 Å². The Labute approximate surface area is 138 Å². The molecule has 1 amide bonds. The number of aromatic nitrogens is 2. The average molecular weight is 383 g/mol. The second kappa shape index (κ2) is 5.66. The van der Waals surface area contributed by atoms with Gasteiger partial charge in [0.15, 0.2) is 0 Å². The van der Waals surface area contributed by atoms with Crippen LogP contribution in [0, 0.1) is 0 Å². The summed E-state index contributed by atoms with van der Waals surface area (Å²) in [7, 11) is 0. The lowest BCUT2D eigenvalue weighted by molar-refractivity contribution is -0.137. The van der Waals surface area contributed by atoms with Gasteiger partial charge in [-0.25, -0.2) is 9.97 Å². The number of nitrogens with zero attached hydrogens (tertiary/aromatic N) is 3. The Kier molecular flexibility index (Phi) is 3.84. The highest BCUT2D eigenvalue weighted by Crippen LogP contribution is 2.31. The molecule has 22 heavy (non-hydrogen) atoms. The van der Waals surface area contributed by atoms with Crippen LogP contribution >= 0.6 is 27.5 Å². The highest BCUT2D eigenvalue weighted by atomic mass is 79.9. The summed E-state index contributed by atoms with van der Waals surface area (Å²) in [5.41, 5.74) is 2.57. The number of carbonyl (C=O) groups is 2. The first-order chi connectivity index (χ1) is 10.5. The maximum absolute atomic E-state index is 12.3. The monoisotopic (exact) mass is 381 g/mol. The molecule has 112 valence electrons. The second-order valence-corrected chi connectivity index (χ2v) is 5.95. The van der Waals surface area contributed by atoms with E-state index in [1.807, 2.05) is 6.07 Å². The first-order valence-corrected chi connectivity index (χ1v) is 7.45. The summed E-state index contributed by atoms with van der Waals surface area (Å²) < 4.78 is 0.657. The fourth-order valence-corrected chi connectivity index (χ4v) is 2.90. The quantitative estimate of drug-likeness (QED) is 0.825. The third-order valence-corrected chi connectivity index (χ3v) is 4.07. The van der Waals surface area contributed by atoms with Crippen LogP contribution in [0.15, 0.2) is 28.9 Å². The largest absolute Gasteiger partial charge is 0.480 e. The lowest BCUT2D eigenvalue weighted by atomic mass is 10.0. The van der Waals surface area contributed by atoms with Gasteiger partial charge in [-0.2, -0.15) is 0 Å². The molecule has 1 aromatic heterocycles. The third kappa shape index (κ3) is 2.69. The van der Waals surface area contributed by atoms with Crippen molar-refractivity contribution in [1.82, 2.24) is 14.9 Å². The SMILES string of the molecule is O=C(O)CN1Cc2ccc(-c3nc(Cl)ncc3Br)cc2C1=O. The van der Waals surface area contributed by atoms with E-state index in [-0.39, 0.29) is 17.7 Å². The molecule has 8 heteroatoms. The van der Waals surface area contributed by atoms with Crippen molar-refractivity contribution >= 4 is 39.4 Å². The van der Waals surface area contributed by atoms with E-state index in [0.29, 0.717) is 27.8 Å². The third-order valence-electron chi connectivity index (χ3n) is 3.30. The van der Waals surface area contributed by atoms with E-state index in [1.54, 1.807) is 12.1 Å². The molecule has 0 radical (unpaired) electrons. The minimum atomic E-state index is -1.04. The van der Waals surface area contributed by atoms with Crippen molar-refractivity contribution in [2.45, 2.75) is 6.54 Å². The Morgan fingerprint density at radius 1 is 1.45 bits per heavy atom. The Balaban J connectivity index is 2.00. The molecule has 1 aromatic carbocycles. The molecule has 0 saturated carbocycles. The van der Waals surface area contributed by atoms with E-state index >= 15 is 0 Å². The van der Waals surface area contributed by atoms with Crippen molar-refractivity contribution in [3.05, 3.63) is 45.3 Å². The van der Waals surface area contributed by atoms with Crippen molar-refractivity contribution < 1.29 is 14.7 Å². The number of carboxylic acids is 1. The summed E-state index contributed by atoms with van der Waals surface area (Å²) in [4.78, 5) is 32.4. The lowest BCUT2D eigenvalue weighted by Crippen LogP contribution is -2.29. The van der Waals surface area contributed by atoms with E-state index < -0.39 is 5.97 Å². The Morgan fingerprint density at radius 3 is 2.95 bits per heavy atom. The topological polar surface area (TPSA) is 83.4 Å². The molecule has 1 aliphatic rings. The van der Waals surface area contributed by atoms with Crippen LogP contribution < -0.4 is 0 Å². The van der Waals surface area contributed by atoms with Crippen molar-refractivity contribution in [3.63, 3.8) is 0 Å². The van der Waals surface area contributed by atoms with Crippen LogP contribution in [0.2, 0.25) is 5.28 Å². The maximum atomic E-state index is 12.3. The number of hydrogen-bond donors (Lipinski definition) is 1. The highest BCUT2D eigenvalue weighted by Gasteiger charge is 2.29. The first-order valence-electron chi connectivity index (χ1n) is 6.28. The number of amides is 1. The fraction of sp³-hybridized carbons (Fsp3) is 0.143. The summed E-state index contributed by atoms with van der Waals surface area (Å²) in [6, 6.07) is 5.32. The van der Waals surface area contributed by atoms with Crippen LogP contribution in [0.25, 0.3) is 11.3 Å². The van der Waals surface area contributed by atoms with Crippen LogP contribution in [0.4, 0.5) is 0 Å². The van der Waals surface area contributed by atoms with E-state index in [9.17, 15) is 9.59 Å². The predicted octanol–water partition coefficient (Wildman–Crippen LogP) is 2.60. The number of carboxylic acid groups (broad SMARTS) is 1. The van der Waals surface area contributed by atoms with Crippen LogP contribution in [0.3, 0.4) is 0 Å². The molecular formula is C14H9BrClN3O3. The molecule has 0 aliphatic carbocycles. The first kappa shape index (κ1) is 14.9. The average Bonchev–Trinajstić information content (AvgIpc) is 2.77. The van der Waals surface area contributed by atoms with Gasteiger partial charge in [0.2, 0.25) is 5.28 Å². The normalized spacial score (nSPS) is 13.4. The Hall–Kier alpha value is -1.99. The predicted molar refractivity (Wildman–Crippen MR) is 82.6 cm³/mol. The van der Waals surface area contributed by atoms with Crippen LogP contribution in [0.5, 0.6) is 0 Å². The van der Waals surface area contributed by atoms with Gasteiger partial charge < -0.3 is 10.0 Å². The molecule has 0 atom stereocenters. The molecule has 3 rings (SSSR count). The minimum absolute atomic E-state index is 0.109. The van der Waals surface area contributed by atoms with E-state index in [0.717, 1.165) is 5.56 Å². The number of benzene rings is 1. The van der Waals surface area contributed by atoms with Crippen LogP contribution in [0.1, 0.15) is 15.9 Å². The summed E-state index contributed by atoms with van der Waals surface area (Å²) in [6.45, 7) is -0.0156. The Bertz CT molecular complexity index is 797. The van der Waals surface area contributed by atoms with Crippen molar-refractivity contribution in [2.75, 3.05) is 6.54 Å². The zero-order chi connectivity index (χ0) is 15.9. The molecule has 2 heterocycles. The number of hydrogen-bond acceptors (Lipinski definition) is 4. The van der Waals surface area contributed by atoms with Gasteiger partial charge in [-0.3, -0.25) is 9.59 Å².